The van der Waals surface area contributed by atoms with Crippen LogP contribution in [0.3, 0.4) is 0 Å². The van der Waals surface area contributed by atoms with Crippen molar-refractivity contribution in [1.29, 1.82) is 0 Å². The summed E-state index contributed by atoms with van der Waals surface area (Å²) in [4.78, 5) is 13.9. The van der Waals surface area contributed by atoms with Gasteiger partial charge in [-0.1, -0.05) is 11.6 Å². The van der Waals surface area contributed by atoms with E-state index < -0.39 is 6.10 Å². The van der Waals surface area contributed by atoms with Crippen molar-refractivity contribution in [3.05, 3.63) is 28.3 Å². The number of hydrogen-bond donors (Lipinski definition) is 1. The Kier molecular flexibility index (Phi) is 6.30. The molecule has 0 bridgehead atoms. The molecule has 1 N–H and O–H groups in total. The zero-order valence-corrected chi connectivity index (χ0v) is 13.5. The van der Waals surface area contributed by atoms with Crippen molar-refractivity contribution in [3.63, 3.8) is 0 Å². The Bertz CT molecular complexity index is 452. The second-order valence-electron chi connectivity index (χ2n) is 5.23. The van der Waals surface area contributed by atoms with E-state index >= 15 is 0 Å². The Balaban J connectivity index is 2.57. The molecule has 5 heteroatoms. The molecule has 1 rings (SSSR count). The number of nitrogens with zero attached hydrogens (tertiary/aromatic N) is 1. The summed E-state index contributed by atoms with van der Waals surface area (Å²) >= 11 is 6.11. The van der Waals surface area contributed by atoms with Crippen LogP contribution < -0.4 is 10.1 Å². The highest BCUT2D eigenvalue weighted by molar-refractivity contribution is 6.32. The summed E-state index contributed by atoms with van der Waals surface area (Å²) in [6, 6.07) is 3.69. The van der Waals surface area contributed by atoms with Crippen LogP contribution in [0.2, 0.25) is 5.02 Å². The van der Waals surface area contributed by atoms with Crippen molar-refractivity contribution >= 4 is 17.5 Å². The van der Waals surface area contributed by atoms with Crippen LogP contribution >= 0.6 is 11.6 Å². The Labute approximate surface area is 126 Å². The molecule has 1 aromatic rings. The van der Waals surface area contributed by atoms with E-state index in [9.17, 15) is 4.79 Å². The smallest absolute Gasteiger partial charge is 0.260 e. The molecule has 0 aliphatic rings. The van der Waals surface area contributed by atoms with Gasteiger partial charge in [0.1, 0.15) is 5.75 Å². The van der Waals surface area contributed by atoms with Gasteiger partial charge < -0.3 is 15.0 Å². The second-order valence-corrected chi connectivity index (χ2v) is 5.60. The van der Waals surface area contributed by atoms with Gasteiger partial charge in [-0.3, -0.25) is 4.79 Å². The maximum Gasteiger partial charge on any atom is 0.260 e. The minimum Gasteiger partial charge on any atom is -0.481 e. The van der Waals surface area contributed by atoms with Crippen molar-refractivity contribution in [1.82, 2.24) is 10.2 Å². The molecule has 0 fully saturated rings. The topological polar surface area (TPSA) is 41.6 Å². The third-order valence-corrected chi connectivity index (χ3v) is 3.55. The van der Waals surface area contributed by atoms with Crippen molar-refractivity contribution in [2.75, 3.05) is 27.2 Å². The highest BCUT2D eigenvalue weighted by atomic mass is 35.5. The lowest BCUT2D eigenvalue weighted by atomic mass is 10.1. The molecule has 112 valence electrons. The lowest BCUT2D eigenvalue weighted by Gasteiger charge is -2.17. The first-order valence-electron chi connectivity index (χ1n) is 6.67. The molecular formula is C15H23ClN2O2. The first-order valence-corrected chi connectivity index (χ1v) is 7.05. The second kappa shape index (κ2) is 7.50. The fourth-order valence-electron chi connectivity index (χ4n) is 1.78. The van der Waals surface area contributed by atoms with Crippen LogP contribution in [-0.2, 0) is 4.79 Å². The van der Waals surface area contributed by atoms with Gasteiger partial charge >= 0.3 is 0 Å². The molecular weight excluding hydrogens is 276 g/mol. The molecule has 1 amide bonds. The Hall–Kier alpha value is -1.26. The summed E-state index contributed by atoms with van der Waals surface area (Å²) in [5.74, 6) is 0.553. The van der Waals surface area contributed by atoms with Crippen LogP contribution in [0.25, 0.3) is 0 Å². The fraction of sp³-hybridized carbons (Fsp3) is 0.533. The molecule has 0 radical (unpaired) electrons. The summed E-state index contributed by atoms with van der Waals surface area (Å²) < 4.78 is 5.67. The van der Waals surface area contributed by atoms with E-state index in [0.717, 1.165) is 22.7 Å². The van der Waals surface area contributed by atoms with Gasteiger partial charge in [-0.2, -0.15) is 0 Å². The number of aryl methyl sites for hydroxylation is 2. The third-order valence-electron chi connectivity index (χ3n) is 2.95. The number of hydrogen-bond acceptors (Lipinski definition) is 3. The summed E-state index contributed by atoms with van der Waals surface area (Å²) in [6.45, 7) is 6.99. The van der Waals surface area contributed by atoms with Gasteiger partial charge in [-0.05, 0) is 58.1 Å². The molecule has 0 aromatic heterocycles. The molecule has 0 spiro atoms. The van der Waals surface area contributed by atoms with Gasteiger partial charge in [-0.15, -0.1) is 0 Å². The SMILES string of the molecule is Cc1cc(OC(C)C(=O)NCCN(C)C)cc(C)c1Cl. The Morgan fingerprint density at radius 1 is 1.35 bits per heavy atom. The minimum atomic E-state index is -0.530. The van der Waals surface area contributed by atoms with Gasteiger partial charge in [0.25, 0.3) is 5.91 Å². The highest BCUT2D eigenvalue weighted by Gasteiger charge is 2.15. The van der Waals surface area contributed by atoms with Gasteiger partial charge in [0.05, 0.1) is 0 Å². The van der Waals surface area contributed by atoms with Crippen molar-refractivity contribution in [2.24, 2.45) is 0 Å². The number of rotatable bonds is 6. The summed E-state index contributed by atoms with van der Waals surface area (Å²) in [7, 11) is 3.93. The van der Waals surface area contributed by atoms with Crippen LogP contribution in [0.1, 0.15) is 18.1 Å². The maximum atomic E-state index is 11.9. The lowest BCUT2D eigenvalue weighted by Crippen LogP contribution is -2.39. The number of carbonyl (C=O) groups excluding carboxylic acids is 1. The molecule has 0 heterocycles. The summed E-state index contributed by atoms with van der Waals surface area (Å²) in [5, 5.41) is 3.58. The quantitative estimate of drug-likeness (QED) is 0.877. The first-order chi connectivity index (χ1) is 9.31. The molecule has 20 heavy (non-hydrogen) atoms. The average Bonchev–Trinajstić information content (AvgIpc) is 2.35. The molecule has 4 nitrogen and oxygen atoms in total. The van der Waals surface area contributed by atoms with E-state index in [0.29, 0.717) is 12.3 Å². The summed E-state index contributed by atoms with van der Waals surface area (Å²) in [6.07, 6.45) is -0.530. The number of likely N-dealkylation sites (N-methyl/N-ethyl adjacent to an activating group) is 1. The molecule has 0 saturated heterocycles. The van der Waals surface area contributed by atoms with Gasteiger partial charge in [0, 0.05) is 18.1 Å². The molecule has 0 aliphatic heterocycles. The van der Waals surface area contributed by atoms with Crippen molar-refractivity contribution in [2.45, 2.75) is 26.9 Å². The number of halogens is 1. The normalized spacial score (nSPS) is 12.3. The highest BCUT2D eigenvalue weighted by Crippen LogP contribution is 2.26. The molecule has 1 aromatic carbocycles. The van der Waals surface area contributed by atoms with E-state index in [4.69, 9.17) is 16.3 Å². The zero-order chi connectivity index (χ0) is 15.3. The number of amides is 1. The van der Waals surface area contributed by atoms with E-state index in [-0.39, 0.29) is 5.91 Å². The predicted octanol–water partition coefficient (Wildman–Crippen LogP) is 2.40. The number of benzene rings is 1. The Morgan fingerprint density at radius 2 is 1.90 bits per heavy atom. The van der Waals surface area contributed by atoms with Crippen LogP contribution in [0, 0.1) is 13.8 Å². The van der Waals surface area contributed by atoms with Gasteiger partial charge in [-0.25, -0.2) is 0 Å². The van der Waals surface area contributed by atoms with Crippen LogP contribution in [0.5, 0.6) is 5.75 Å². The third kappa shape index (κ3) is 5.02. The average molecular weight is 299 g/mol. The standard InChI is InChI=1S/C15H23ClN2O2/c1-10-8-13(9-11(2)14(10)16)20-12(3)15(19)17-6-7-18(4)5/h8-9,12H,6-7H2,1-5H3,(H,17,19). The lowest BCUT2D eigenvalue weighted by molar-refractivity contribution is -0.127. The molecule has 0 aliphatic carbocycles. The summed E-state index contributed by atoms with van der Waals surface area (Å²) in [5.41, 5.74) is 1.89. The molecule has 0 saturated carbocycles. The fourth-order valence-corrected chi connectivity index (χ4v) is 1.89. The van der Waals surface area contributed by atoms with E-state index in [1.165, 1.54) is 0 Å². The monoisotopic (exact) mass is 298 g/mol. The number of ether oxygens (including phenoxy) is 1. The van der Waals surface area contributed by atoms with E-state index in [2.05, 4.69) is 5.32 Å². The van der Waals surface area contributed by atoms with Gasteiger partial charge in [0.2, 0.25) is 0 Å². The van der Waals surface area contributed by atoms with E-state index in [1.54, 1.807) is 6.92 Å². The van der Waals surface area contributed by atoms with Crippen LogP contribution in [0.4, 0.5) is 0 Å². The van der Waals surface area contributed by atoms with Crippen LogP contribution in [0.15, 0.2) is 12.1 Å². The maximum absolute atomic E-state index is 11.9. The predicted molar refractivity (Wildman–Crippen MR) is 82.6 cm³/mol. The molecule has 1 unspecified atom stereocenters. The largest absolute Gasteiger partial charge is 0.481 e. The zero-order valence-electron chi connectivity index (χ0n) is 12.8. The number of nitrogens with one attached hydrogen (secondary N) is 1. The molecule has 1 atom stereocenters. The van der Waals surface area contributed by atoms with Crippen LogP contribution in [-0.4, -0.2) is 44.1 Å². The Morgan fingerprint density at radius 3 is 2.40 bits per heavy atom. The van der Waals surface area contributed by atoms with Gasteiger partial charge in [0.15, 0.2) is 6.10 Å². The van der Waals surface area contributed by atoms with Crippen molar-refractivity contribution in [3.8, 4) is 5.75 Å². The van der Waals surface area contributed by atoms with Crippen molar-refractivity contribution < 1.29 is 9.53 Å². The minimum absolute atomic E-state index is 0.114. The number of carbonyl (C=O) groups is 1. The van der Waals surface area contributed by atoms with E-state index in [1.807, 2.05) is 45.0 Å². The first kappa shape index (κ1) is 16.8.